The van der Waals surface area contributed by atoms with E-state index in [0.717, 1.165) is 24.2 Å². The van der Waals surface area contributed by atoms with Crippen LogP contribution in [0, 0.1) is 13.8 Å². The quantitative estimate of drug-likeness (QED) is 0.731. The molecule has 1 aromatic heterocycles. The van der Waals surface area contributed by atoms with Gasteiger partial charge in [0.15, 0.2) is 11.5 Å². The number of amides is 2. The normalized spacial score (nSPS) is 14.8. The van der Waals surface area contributed by atoms with Gasteiger partial charge in [0.1, 0.15) is 12.4 Å². The third kappa shape index (κ3) is 4.88. The molecular formula is C21H27N3O5. The van der Waals surface area contributed by atoms with Crippen molar-refractivity contribution in [2.24, 2.45) is 0 Å². The van der Waals surface area contributed by atoms with E-state index in [4.69, 9.17) is 14.0 Å². The number of hydrogen-bond donors (Lipinski definition) is 1. The molecule has 2 amide bonds. The molecule has 1 atom stereocenters. The van der Waals surface area contributed by atoms with E-state index < -0.39 is 0 Å². The van der Waals surface area contributed by atoms with Crippen LogP contribution in [0.15, 0.2) is 22.7 Å². The molecule has 2 aromatic rings. The van der Waals surface area contributed by atoms with Crippen LogP contribution in [-0.4, -0.2) is 48.1 Å². The van der Waals surface area contributed by atoms with Crippen LogP contribution < -0.4 is 14.8 Å². The van der Waals surface area contributed by atoms with E-state index in [0.29, 0.717) is 42.4 Å². The molecular weight excluding hydrogens is 374 g/mol. The minimum absolute atomic E-state index is 0.146. The highest BCUT2D eigenvalue weighted by Crippen LogP contribution is 2.29. The van der Waals surface area contributed by atoms with Crippen molar-refractivity contribution in [3.63, 3.8) is 0 Å². The van der Waals surface area contributed by atoms with Crippen molar-refractivity contribution in [3.8, 4) is 11.5 Å². The number of nitrogens with one attached hydrogen (secondary N) is 1. The fourth-order valence-corrected chi connectivity index (χ4v) is 3.37. The number of benzene rings is 1. The van der Waals surface area contributed by atoms with Gasteiger partial charge in [0, 0.05) is 31.1 Å². The van der Waals surface area contributed by atoms with Crippen LogP contribution >= 0.6 is 0 Å². The molecule has 0 spiro atoms. The highest BCUT2D eigenvalue weighted by Gasteiger charge is 2.23. The van der Waals surface area contributed by atoms with Gasteiger partial charge >= 0.3 is 0 Å². The minimum Gasteiger partial charge on any atom is -0.493 e. The second-order valence-corrected chi connectivity index (χ2v) is 7.27. The Morgan fingerprint density at radius 1 is 1.34 bits per heavy atom. The number of nitrogens with zero attached hydrogens (tertiary/aromatic N) is 2. The van der Waals surface area contributed by atoms with Crippen molar-refractivity contribution in [2.45, 2.75) is 46.3 Å². The van der Waals surface area contributed by atoms with Gasteiger partial charge in [-0.15, -0.1) is 0 Å². The van der Waals surface area contributed by atoms with E-state index in [1.54, 1.807) is 23.1 Å². The van der Waals surface area contributed by atoms with Crippen LogP contribution in [0.25, 0.3) is 0 Å². The van der Waals surface area contributed by atoms with Crippen LogP contribution in [0.1, 0.15) is 47.1 Å². The van der Waals surface area contributed by atoms with Crippen LogP contribution in [0.3, 0.4) is 0 Å². The Balaban J connectivity index is 1.62. The molecule has 2 heterocycles. The predicted molar refractivity (Wildman–Crippen MR) is 106 cm³/mol. The van der Waals surface area contributed by atoms with E-state index in [1.165, 1.54) is 7.11 Å². The molecule has 3 rings (SSSR count). The van der Waals surface area contributed by atoms with Gasteiger partial charge in [-0.05, 0) is 45.4 Å². The zero-order chi connectivity index (χ0) is 21.0. The second-order valence-electron chi connectivity index (χ2n) is 7.27. The average Bonchev–Trinajstić information content (AvgIpc) is 3.24. The number of carbonyl (C=O) groups excluding carboxylic acids is 2. The van der Waals surface area contributed by atoms with Gasteiger partial charge in [-0.3, -0.25) is 9.59 Å². The number of hydrogen-bond acceptors (Lipinski definition) is 6. The summed E-state index contributed by atoms with van der Waals surface area (Å²) in [5.74, 6) is 1.63. The molecule has 0 radical (unpaired) electrons. The first-order valence-corrected chi connectivity index (χ1v) is 9.70. The predicted octanol–water partition coefficient (Wildman–Crippen LogP) is 2.62. The lowest BCUT2D eigenvalue weighted by molar-refractivity contribution is -0.127. The molecule has 8 nitrogen and oxygen atoms in total. The molecule has 0 bridgehead atoms. The lowest BCUT2D eigenvalue weighted by Gasteiger charge is -2.22. The van der Waals surface area contributed by atoms with Crippen LogP contribution in [0.4, 0.5) is 0 Å². The summed E-state index contributed by atoms with van der Waals surface area (Å²) in [4.78, 5) is 26.1. The SMILES string of the molecule is COc1cc(C(=O)N[C@@H](C)CN2CCCC2=O)ccc1OCc1c(C)noc1C. The molecule has 156 valence electrons. The molecule has 1 saturated heterocycles. The number of ether oxygens (including phenoxy) is 2. The number of aryl methyl sites for hydroxylation is 2. The summed E-state index contributed by atoms with van der Waals surface area (Å²) in [6, 6.07) is 4.90. The number of carbonyl (C=O) groups is 2. The highest BCUT2D eigenvalue weighted by atomic mass is 16.5. The molecule has 1 N–H and O–H groups in total. The Morgan fingerprint density at radius 2 is 2.14 bits per heavy atom. The van der Waals surface area contributed by atoms with Crippen molar-refractivity contribution in [3.05, 3.63) is 40.8 Å². The molecule has 1 fully saturated rings. The highest BCUT2D eigenvalue weighted by molar-refractivity contribution is 5.95. The van der Waals surface area contributed by atoms with Gasteiger partial charge in [0.2, 0.25) is 5.91 Å². The van der Waals surface area contributed by atoms with Crippen molar-refractivity contribution in [1.82, 2.24) is 15.4 Å². The first-order chi connectivity index (χ1) is 13.9. The van der Waals surface area contributed by atoms with Crippen molar-refractivity contribution in [2.75, 3.05) is 20.2 Å². The molecule has 1 aromatic carbocycles. The lowest BCUT2D eigenvalue weighted by Crippen LogP contribution is -2.42. The first-order valence-electron chi connectivity index (χ1n) is 9.70. The largest absolute Gasteiger partial charge is 0.493 e. The Bertz CT molecular complexity index is 873. The summed E-state index contributed by atoms with van der Waals surface area (Å²) in [5, 5.41) is 6.85. The van der Waals surface area contributed by atoms with Crippen molar-refractivity contribution in [1.29, 1.82) is 0 Å². The third-order valence-electron chi connectivity index (χ3n) is 5.02. The number of methoxy groups -OCH3 is 1. The zero-order valence-corrected chi connectivity index (χ0v) is 17.3. The first kappa shape index (κ1) is 20.7. The summed E-state index contributed by atoms with van der Waals surface area (Å²) in [7, 11) is 1.53. The number of aromatic nitrogens is 1. The maximum Gasteiger partial charge on any atom is 0.251 e. The zero-order valence-electron chi connectivity index (χ0n) is 17.3. The summed E-state index contributed by atoms with van der Waals surface area (Å²) in [6.45, 7) is 7.15. The molecule has 0 aliphatic carbocycles. The van der Waals surface area contributed by atoms with E-state index in [2.05, 4.69) is 10.5 Å². The fourth-order valence-electron chi connectivity index (χ4n) is 3.37. The van der Waals surface area contributed by atoms with Crippen LogP contribution in [0.5, 0.6) is 11.5 Å². The van der Waals surface area contributed by atoms with Crippen LogP contribution in [-0.2, 0) is 11.4 Å². The Hall–Kier alpha value is -3.03. The van der Waals surface area contributed by atoms with E-state index >= 15 is 0 Å². The molecule has 0 unspecified atom stereocenters. The van der Waals surface area contributed by atoms with Crippen molar-refractivity contribution >= 4 is 11.8 Å². The Morgan fingerprint density at radius 3 is 2.76 bits per heavy atom. The Labute approximate surface area is 170 Å². The molecule has 1 aliphatic rings. The van der Waals surface area contributed by atoms with Gasteiger partial charge in [-0.25, -0.2) is 0 Å². The number of likely N-dealkylation sites (tertiary alicyclic amines) is 1. The van der Waals surface area contributed by atoms with Gasteiger partial charge in [-0.1, -0.05) is 5.16 Å². The van der Waals surface area contributed by atoms with Crippen molar-refractivity contribution < 1.29 is 23.6 Å². The molecule has 29 heavy (non-hydrogen) atoms. The van der Waals surface area contributed by atoms with E-state index in [-0.39, 0.29) is 17.9 Å². The van der Waals surface area contributed by atoms with E-state index in [1.807, 2.05) is 20.8 Å². The standard InChI is InChI=1S/C21H27N3O5/c1-13(11-24-9-5-6-20(24)25)22-21(26)16-7-8-18(19(10-16)27-4)28-12-17-14(2)23-29-15(17)3/h7-8,10,13H,5-6,9,11-12H2,1-4H3,(H,22,26)/t13-/m0/s1. The summed E-state index contributed by atoms with van der Waals surface area (Å²) in [5.41, 5.74) is 2.13. The molecule has 8 heteroatoms. The smallest absolute Gasteiger partial charge is 0.251 e. The molecule has 1 aliphatic heterocycles. The van der Waals surface area contributed by atoms with Crippen LogP contribution in [0.2, 0.25) is 0 Å². The van der Waals surface area contributed by atoms with Gasteiger partial charge < -0.3 is 24.2 Å². The van der Waals surface area contributed by atoms with Gasteiger partial charge in [0.25, 0.3) is 5.91 Å². The number of rotatable bonds is 8. The topological polar surface area (TPSA) is 93.9 Å². The fraction of sp³-hybridized carbons (Fsp3) is 0.476. The van der Waals surface area contributed by atoms with Gasteiger partial charge in [0.05, 0.1) is 18.4 Å². The maximum absolute atomic E-state index is 12.6. The van der Waals surface area contributed by atoms with E-state index in [9.17, 15) is 9.59 Å². The Kier molecular flexibility index (Phi) is 6.41. The minimum atomic E-state index is -0.222. The second kappa shape index (κ2) is 8.98. The van der Waals surface area contributed by atoms with Gasteiger partial charge in [-0.2, -0.15) is 0 Å². The summed E-state index contributed by atoms with van der Waals surface area (Å²) >= 11 is 0. The average molecular weight is 401 g/mol. The summed E-state index contributed by atoms with van der Waals surface area (Å²) < 4.78 is 16.4. The monoisotopic (exact) mass is 401 g/mol. The summed E-state index contributed by atoms with van der Waals surface area (Å²) in [6.07, 6.45) is 1.47. The lowest BCUT2D eigenvalue weighted by atomic mass is 10.1. The molecule has 0 saturated carbocycles. The maximum atomic E-state index is 12.6. The third-order valence-corrected chi connectivity index (χ3v) is 5.02.